The molecule has 0 aromatic rings. The Balaban J connectivity index is 4.44. The molecule has 0 N–H and O–H groups in total. The molecule has 0 unspecified atom stereocenters. The third-order valence-corrected chi connectivity index (χ3v) is 1.65. The average Bonchev–Trinajstić information content (AvgIpc) is 2.06. The molecule has 0 saturated carbocycles. The van der Waals surface area contributed by atoms with Crippen LogP contribution in [0.5, 0.6) is 0 Å². The van der Waals surface area contributed by atoms with Crippen LogP contribution in [0, 0.1) is 0 Å². The highest BCUT2D eigenvalue weighted by molar-refractivity contribution is 5.38. The molecule has 66 valence electrons. The zero-order valence-corrected chi connectivity index (χ0v) is 8.30. The standard InChI is InChI=1S/C12H18/c1-5-8-10-12(7-3)11(4)9-6-2/h5-6,8-10H,4,7H2,1-3H3/b8-5-,9-6-,12-10-. The molecule has 0 atom stereocenters. The van der Waals surface area contributed by atoms with Crippen molar-refractivity contribution in [3.8, 4) is 0 Å². The Morgan fingerprint density at radius 1 is 1.25 bits per heavy atom. The van der Waals surface area contributed by atoms with Gasteiger partial charge in [0.25, 0.3) is 0 Å². The molecule has 0 saturated heterocycles. The Morgan fingerprint density at radius 2 is 1.92 bits per heavy atom. The van der Waals surface area contributed by atoms with Crippen molar-refractivity contribution < 1.29 is 0 Å². The van der Waals surface area contributed by atoms with E-state index in [0.29, 0.717) is 0 Å². The van der Waals surface area contributed by atoms with Gasteiger partial charge >= 0.3 is 0 Å². The molecule has 0 fully saturated rings. The summed E-state index contributed by atoms with van der Waals surface area (Å²) in [4.78, 5) is 0. The summed E-state index contributed by atoms with van der Waals surface area (Å²) in [7, 11) is 0. The maximum Gasteiger partial charge on any atom is -0.0300 e. The molecule has 0 aliphatic carbocycles. The Labute approximate surface area is 76.0 Å². The molecule has 0 rings (SSSR count). The first-order valence-electron chi connectivity index (χ1n) is 4.40. The van der Waals surface area contributed by atoms with Crippen LogP contribution < -0.4 is 0 Å². The van der Waals surface area contributed by atoms with Gasteiger partial charge in [-0.05, 0) is 31.4 Å². The molecule has 0 amide bonds. The molecule has 12 heavy (non-hydrogen) atoms. The fraction of sp³-hybridized carbons (Fsp3) is 0.333. The summed E-state index contributed by atoms with van der Waals surface area (Å²) in [5.74, 6) is 0. The molecule has 0 heterocycles. The fourth-order valence-electron chi connectivity index (χ4n) is 0.973. The van der Waals surface area contributed by atoms with Gasteiger partial charge in [-0.25, -0.2) is 0 Å². The summed E-state index contributed by atoms with van der Waals surface area (Å²) in [5.41, 5.74) is 2.41. The van der Waals surface area contributed by atoms with E-state index in [1.807, 2.05) is 38.2 Å². The van der Waals surface area contributed by atoms with Gasteiger partial charge in [0, 0.05) is 0 Å². The molecule has 0 heteroatoms. The van der Waals surface area contributed by atoms with Gasteiger partial charge in [0.15, 0.2) is 0 Å². The van der Waals surface area contributed by atoms with Crippen molar-refractivity contribution in [1.29, 1.82) is 0 Å². The SMILES string of the molecule is C=C(/C=C\C)/C(=C\C=C/C)CC. The van der Waals surface area contributed by atoms with Crippen LogP contribution >= 0.6 is 0 Å². The van der Waals surface area contributed by atoms with E-state index in [9.17, 15) is 0 Å². The number of hydrogen-bond donors (Lipinski definition) is 0. The Kier molecular flexibility index (Phi) is 6.08. The van der Waals surface area contributed by atoms with Crippen LogP contribution in [0.2, 0.25) is 0 Å². The lowest BCUT2D eigenvalue weighted by Gasteiger charge is -2.01. The predicted molar refractivity (Wildman–Crippen MR) is 57.1 cm³/mol. The highest BCUT2D eigenvalue weighted by Crippen LogP contribution is 2.13. The minimum absolute atomic E-state index is 1.04. The number of allylic oxidation sites excluding steroid dienone is 7. The highest BCUT2D eigenvalue weighted by atomic mass is 14.0. The molecule has 0 bridgehead atoms. The lowest BCUT2D eigenvalue weighted by molar-refractivity contribution is 1.13. The lowest BCUT2D eigenvalue weighted by Crippen LogP contribution is -1.81. The van der Waals surface area contributed by atoms with Gasteiger partial charge in [0.05, 0.1) is 0 Å². The van der Waals surface area contributed by atoms with Gasteiger partial charge in [0.2, 0.25) is 0 Å². The smallest absolute Gasteiger partial charge is 0.0300 e. The zero-order chi connectivity index (χ0) is 9.40. The van der Waals surface area contributed by atoms with Gasteiger partial charge in [-0.15, -0.1) is 0 Å². The molecule has 0 radical (unpaired) electrons. The first-order valence-corrected chi connectivity index (χ1v) is 4.40. The van der Waals surface area contributed by atoms with Crippen molar-refractivity contribution in [2.75, 3.05) is 0 Å². The third kappa shape index (κ3) is 3.97. The normalized spacial score (nSPS) is 13.1. The first kappa shape index (κ1) is 11.0. The van der Waals surface area contributed by atoms with E-state index < -0.39 is 0 Å². The highest BCUT2D eigenvalue weighted by Gasteiger charge is 1.93. The number of rotatable bonds is 4. The Hall–Kier alpha value is -1.04. The lowest BCUT2D eigenvalue weighted by atomic mass is 10.0. The van der Waals surface area contributed by atoms with E-state index in [2.05, 4.69) is 19.6 Å². The van der Waals surface area contributed by atoms with E-state index in [4.69, 9.17) is 0 Å². The van der Waals surface area contributed by atoms with E-state index in [1.54, 1.807) is 0 Å². The second kappa shape index (κ2) is 6.66. The molecular formula is C12H18. The van der Waals surface area contributed by atoms with Crippen molar-refractivity contribution in [2.45, 2.75) is 27.2 Å². The summed E-state index contributed by atoms with van der Waals surface area (Å²) in [6.07, 6.45) is 11.3. The second-order valence-corrected chi connectivity index (χ2v) is 2.60. The minimum Gasteiger partial charge on any atom is -0.0915 e. The minimum atomic E-state index is 1.04. The average molecular weight is 162 g/mol. The maximum absolute atomic E-state index is 3.98. The van der Waals surface area contributed by atoms with E-state index >= 15 is 0 Å². The van der Waals surface area contributed by atoms with Crippen LogP contribution in [-0.4, -0.2) is 0 Å². The van der Waals surface area contributed by atoms with Gasteiger partial charge < -0.3 is 0 Å². The predicted octanol–water partition coefficient (Wildman–Crippen LogP) is 4.03. The van der Waals surface area contributed by atoms with Crippen molar-refractivity contribution in [1.82, 2.24) is 0 Å². The van der Waals surface area contributed by atoms with E-state index in [0.717, 1.165) is 12.0 Å². The molecule has 0 spiro atoms. The van der Waals surface area contributed by atoms with Gasteiger partial charge in [-0.1, -0.05) is 43.9 Å². The quantitative estimate of drug-likeness (QED) is 0.547. The van der Waals surface area contributed by atoms with Crippen LogP contribution in [0.15, 0.2) is 48.1 Å². The van der Waals surface area contributed by atoms with Gasteiger partial charge in [-0.2, -0.15) is 0 Å². The molecule has 0 aliphatic heterocycles. The van der Waals surface area contributed by atoms with Crippen molar-refractivity contribution >= 4 is 0 Å². The second-order valence-electron chi connectivity index (χ2n) is 2.60. The molecule has 0 aromatic heterocycles. The summed E-state index contributed by atoms with van der Waals surface area (Å²) >= 11 is 0. The van der Waals surface area contributed by atoms with E-state index in [-0.39, 0.29) is 0 Å². The molecular weight excluding hydrogens is 144 g/mol. The first-order chi connectivity index (χ1) is 5.76. The monoisotopic (exact) mass is 162 g/mol. The van der Waals surface area contributed by atoms with Crippen LogP contribution in [0.3, 0.4) is 0 Å². The van der Waals surface area contributed by atoms with Crippen LogP contribution in [0.1, 0.15) is 27.2 Å². The molecule has 0 aromatic carbocycles. The maximum atomic E-state index is 3.98. The zero-order valence-electron chi connectivity index (χ0n) is 8.30. The van der Waals surface area contributed by atoms with Crippen LogP contribution in [0.25, 0.3) is 0 Å². The largest absolute Gasteiger partial charge is 0.0915 e. The summed E-state index contributed by atoms with van der Waals surface area (Å²) < 4.78 is 0. The van der Waals surface area contributed by atoms with Crippen molar-refractivity contribution in [2.24, 2.45) is 0 Å². The summed E-state index contributed by atoms with van der Waals surface area (Å²) in [6.45, 7) is 10.1. The van der Waals surface area contributed by atoms with Gasteiger partial charge in [0.1, 0.15) is 0 Å². The number of hydrogen-bond acceptors (Lipinski definition) is 0. The molecule has 0 aliphatic rings. The van der Waals surface area contributed by atoms with Crippen molar-refractivity contribution in [3.63, 3.8) is 0 Å². The third-order valence-electron chi connectivity index (χ3n) is 1.65. The van der Waals surface area contributed by atoms with Gasteiger partial charge in [-0.3, -0.25) is 0 Å². The fourth-order valence-corrected chi connectivity index (χ4v) is 0.973. The molecule has 0 nitrogen and oxygen atoms in total. The Bertz CT molecular complexity index is 214. The van der Waals surface area contributed by atoms with Crippen molar-refractivity contribution in [3.05, 3.63) is 48.1 Å². The summed E-state index contributed by atoms with van der Waals surface area (Å²) in [6, 6.07) is 0. The summed E-state index contributed by atoms with van der Waals surface area (Å²) in [5, 5.41) is 0. The van der Waals surface area contributed by atoms with Crippen LogP contribution in [-0.2, 0) is 0 Å². The Morgan fingerprint density at radius 3 is 2.33 bits per heavy atom. The van der Waals surface area contributed by atoms with E-state index in [1.165, 1.54) is 5.57 Å². The topological polar surface area (TPSA) is 0 Å². The van der Waals surface area contributed by atoms with Crippen LogP contribution in [0.4, 0.5) is 0 Å².